The molecular formula is C10H17NS. The maximum atomic E-state index is 5.63. The first-order valence-electron chi connectivity index (χ1n) is 4.41. The molecule has 0 aromatic carbocycles. The zero-order valence-corrected chi connectivity index (χ0v) is 8.82. The minimum absolute atomic E-state index is 0.586. The van der Waals surface area contributed by atoms with Crippen molar-refractivity contribution in [2.75, 3.05) is 6.54 Å². The lowest BCUT2D eigenvalue weighted by Gasteiger charge is -2.17. The lowest BCUT2D eigenvalue weighted by Crippen LogP contribution is -2.16. The Morgan fingerprint density at radius 2 is 2.17 bits per heavy atom. The molecule has 0 spiro atoms. The van der Waals surface area contributed by atoms with Crippen LogP contribution in [0, 0.1) is 12.8 Å². The largest absolute Gasteiger partial charge is 0.330 e. The predicted octanol–water partition coefficient (Wildman–Crippen LogP) is 2.75. The fraction of sp³-hybridized carbons (Fsp3) is 0.600. The summed E-state index contributed by atoms with van der Waals surface area (Å²) in [7, 11) is 0. The van der Waals surface area contributed by atoms with Gasteiger partial charge in [0.25, 0.3) is 0 Å². The molecule has 0 aliphatic heterocycles. The summed E-state index contributed by atoms with van der Waals surface area (Å²) in [6.07, 6.45) is 0. The van der Waals surface area contributed by atoms with E-state index < -0.39 is 0 Å². The summed E-state index contributed by atoms with van der Waals surface area (Å²) < 4.78 is 0. The monoisotopic (exact) mass is 183 g/mol. The zero-order valence-electron chi connectivity index (χ0n) is 8.00. The van der Waals surface area contributed by atoms with Crippen molar-refractivity contribution in [3.05, 3.63) is 21.9 Å². The zero-order chi connectivity index (χ0) is 9.14. The van der Waals surface area contributed by atoms with Crippen LogP contribution in [0.15, 0.2) is 11.4 Å². The van der Waals surface area contributed by atoms with E-state index in [-0.39, 0.29) is 0 Å². The van der Waals surface area contributed by atoms with E-state index >= 15 is 0 Å². The van der Waals surface area contributed by atoms with Gasteiger partial charge in [0, 0.05) is 4.88 Å². The van der Waals surface area contributed by atoms with Gasteiger partial charge in [0.15, 0.2) is 0 Å². The molecule has 0 aliphatic rings. The van der Waals surface area contributed by atoms with Crippen molar-refractivity contribution in [2.24, 2.45) is 11.7 Å². The smallest absolute Gasteiger partial charge is 0.0106 e. The molecule has 0 saturated carbocycles. The summed E-state index contributed by atoms with van der Waals surface area (Å²) in [6.45, 7) is 7.42. The van der Waals surface area contributed by atoms with Gasteiger partial charge in [-0.15, -0.1) is 11.3 Å². The minimum atomic E-state index is 0.586. The van der Waals surface area contributed by atoms with Crippen molar-refractivity contribution in [1.29, 1.82) is 0 Å². The van der Waals surface area contributed by atoms with Gasteiger partial charge in [-0.3, -0.25) is 0 Å². The first kappa shape index (κ1) is 9.75. The maximum absolute atomic E-state index is 5.63. The first-order valence-corrected chi connectivity index (χ1v) is 5.28. The normalized spacial score (nSPS) is 16.0. The van der Waals surface area contributed by atoms with Gasteiger partial charge >= 0.3 is 0 Å². The molecule has 0 saturated heterocycles. The second kappa shape index (κ2) is 4.06. The Morgan fingerprint density at radius 3 is 2.58 bits per heavy atom. The van der Waals surface area contributed by atoms with Crippen LogP contribution >= 0.6 is 11.3 Å². The lowest BCUT2D eigenvalue weighted by molar-refractivity contribution is 0.503. The van der Waals surface area contributed by atoms with Gasteiger partial charge in [-0.1, -0.05) is 13.8 Å². The van der Waals surface area contributed by atoms with Gasteiger partial charge in [0.05, 0.1) is 0 Å². The van der Waals surface area contributed by atoms with Crippen LogP contribution in [0.25, 0.3) is 0 Å². The lowest BCUT2D eigenvalue weighted by atomic mass is 9.93. The van der Waals surface area contributed by atoms with Crippen LogP contribution in [-0.4, -0.2) is 6.54 Å². The first-order chi connectivity index (χ1) is 5.66. The fourth-order valence-corrected chi connectivity index (χ4v) is 2.43. The third-order valence-electron chi connectivity index (χ3n) is 2.54. The number of rotatable bonds is 3. The Hall–Kier alpha value is -0.340. The van der Waals surface area contributed by atoms with Gasteiger partial charge in [-0.25, -0.2) is 0 Å². The summed E-state index contributed by atoms with van der Waals surface area (Å²) in [5.41, 5.74) is 7.04. The molecule has 1 rings (SSSR count). The number of thiophene rings is 1. The molecule has 2 heteroatoms. The molecule has 1 aromatic heterocycles. The number of hydrogen-bond acceptors (Lipinski definition) is 2. The SMILES string of the molecule is Cc1ccsc1C(C)C(C)CN. The molecular weight excluding hydrogens is 166 g/mol. The molecule has 1 heterocycles. The molecule has 0 fully saturated rings. The van der Waals surface area contributed by atoms with E-state index in [2.05, 4.69) is 32.2 Å². The summed E-state index contributed by atoms with van der Waals surface area (Å²) in [6, 6.07) is 2.18. The molecule has 0 radical (unpaired) electrons. The minimum Gasteiger partial charge on any atom is -0.330 e. The molecule has 2 N–H and O–H groups in total. The third kappa shape index (κ3) is 1.87. The highest BCUT2D eigenvalue weighted by Crippen LogP contribution is 2.30. The summed E-state index contributed by atoms with van der Waals surface area (Å²) in [5, 5.41) is 2.16. The number of hydrogen-bond donors (Lipinski definition) is 1. The molecule has 1 nitrogen and oxygen atoms in total. The van der Waals surface area contributed by atoms with Crippen molar-refractivity contribution in [3.8, 4) is 0 Å². The van der Waals surface area contributed by atoms with E-state index in [9.17, 15) is 0 Å². The molecule has 0 bridgehead atoms. The van der Waals surface area contributed by atoms with E-state index in [4.69, 9.17) is 5.73 Å². The molecule has 0 aliphatic carbocycles. The van der Waals surface area contributed by atoms with E-state index in [1.807, 2.05) is 11.3 Å². The highest BCUT2D eigenvalue weighted by Gasteiger charge is 2.15. The van der Waals surface area contributed by atoms with Crippen molar-refractivity contribution >= 4 is 11.3 Å². The second-order valence-corrected chi connectivity index (χ2v) is 4.42. The van der Waals surface area contributed by atoms with Gasteiger partial charge in [-0.2, -0.15) is 0 Å². The van der Waals surface area contributed by atoms with Crippen LogP contribution in [0.5, 0.6) is 0 Å². The Bertz CT molecular complexity index is 242. The Labute approximate surface area is 78.6 Å². The van der Waals surface area contributed by atoms with E-state index in [0.29, 0.717) is 11.8 Å². The van der Waals surface area contributed by atoms with Crippen LogP contribution < -0.4 is 5.73 Å². The topological polar surface area (TPSA) is 26.0 Å². The standard InChI is InChI=1S/C10H17NS/c1-7-4-5-12-10(7)9(3)8(2)6-11/h4-5,8-9H,6,11H2,1-3H3. The highest BCUT2D eigenvalue weighted by molar-refractivity contribution is 7.10. The van der Waals surface area contributed by atoms with Crippen molar-refractivity contribution in [2.45, 2.75) is 26.7 Å². The summed E-state index contributed by atoms with van der Waals surface area (Å²) in [4.78, 5) is 1.49. The molecule has 68 valence electrons. The fourth-order valence-electron chi connectivity index (χ4n) is 1.31. The van der Waals surface area contributed by atoms with Crippen molar-refractivity contribution < 1.29 is 0 Å². The van der Waals surface area contributed by atoms with Gasteiger partial charge in [0.2, 0.25) is 0 Å². The molecule has 0 amide bonds. The van der Waals surface area contributed by atoms with Gasteiger partial charge in [0.1, 0.15) is 0 Å². The van der Waals surface area contributed by atoms with Gasteiger partial charge < -0.3 is 5.73 Å². The van der Waals surface area contributed by atoms with Crippen LogP contribution in [0.1, 0.15) is 30.2 Å². The van der Waals surface area contributed by atoms with Crippen LogP contribution in [-0.2, 0) is 0 Å². The van der Waals surface area contributed by atoms with Crippen molar-refractivity contribution in [3.63, 3.8) is 0 Å². The van der Waals surface area contributed by atoms with E-state index in [1.54, 1.807) is 0 Å². The number of nitrogens with two attached hydrogens (primary N) is 1. The maximum Gasteiger partial charge on any atom is 0.0106 e. The third-order valence-corrected chi connectivity index (χ3v) is 3.76. The molecule has 12 heavy (non-hydrogen) atoms. The van der Waals surface area contributed by atoms with Crippen LogP contribution in [0.4, 0.5) is 0 Å². The Balaban J connectivity index is 2.77. The number of aryl methyl sites for hydroxylation is 1. The second-order valence-electron chi connectivity index (χ2n) is 3.47. The van der Waals surface area contributed by atoms with Gasteiger partial charge in [-0.05, 0) is 42.3 Å². The molecule has 2 unspecified atom stereocenters. The average molecular weight is 183 g/mol. The summed E-state index contributed by atoms with van der Waals surface area (Å²) >= 11 is 1.85. The Morgan fingerprint density at radius 1 is 1.50 bits per heavy atom. The molecule has 2 atom stereocenters. The van der Waals surface area contributed by atoms with E-state index in [0.717, 1.165) is 6.54 Å². The predicted molar refractivity (Wildman–Crippen MR) is 55.7 cm³/mol. The van der Waals surface area contributed by atoms with Crippen molar-refractivity contribution in [1.82, 2.24) is 0 Å². The summed E-state index contributed by atoms with van der Waals surface area (Å²) in [5.74, 6) is 1.19. The quantitative estimate of drug-likeness (QED) is 0.766. The molecule has 1 aromatic rings. The average Bonchev–Trinajstić information content (AvgIpc) is 2.48. The highest BCUT2D eigenvalue weighted by atomic mass is 32.1. The Kier molecular flexibility index (Phi) is 3.29. The van der Waals surface area contributed by atoms with Crippen LogP contribution in [0.2, 0.25) is 0 Å². The van der Waals surface area contributed by atoms with Crippen LogP contribution in [0.3, 0.4) is 0 Å². The van der Waals surface area contributed by atoms with E-state index in [1.165, 1.54) is 10.4 Å².